The lowest BCUT2D eigenvalue weighted by Gasteiger charge is -2.19. The number of hydrogen-bond acceptors (Lipinski definition) is 8. The molecule has 3 aromatic carbocycles. The van der Waals surface area contributed by atoms with E-state index in [-0.39, 0.29) is 35.5 Å². The molecule has 1 aromatic heterocycles. The zero-order chi connectivity index (χ0) is 32.5. The number of aliphatic imine (C=N–C) groups is 1. The summed E-state index contributed by atoms with van der Waals surface area (Å²) in [5.41, 5.74) is 9.64. The van der Waals surface area contributed by atoms with Crippen molar-refractivity contribution in [3.05, 3.63) is 87.4 Å². The number of nitrogens with one attached hydrogen (secondary N) is 2. The third-order valence-corrected chi connectivity index (χ3v) is 10.6. The lowest BCUT2D eigenvalue weighted by molar-refractivity contribution is 0.0851. The summed E-state index contributed by atoms with van der Waals surface area (Å²) in [6.45, 7) is 9.47. The SMILES string of the molecule is Cc1c(C)c(S(=O)(=O)NC(N)=NCCC[C@H](NC(=O)c2ccccc2)C(=O)c2nc3ccccc3s2)c(C)c2c1OC(C)(C)C2. The molecule has 0 aliphatic carbocycles. The van der Waals surface area contributed by atoms with Gasteiger partial charge in [0.15, 0.2) is 5.01 Å². The second-order valence-electron chi connectivity index (χ2n) is 11.8. The van der Waals surface area contributed by atoms with Crippen molar-refractivity contribution in [1.82, 2.24) is 15.0 Å². The monoisotopic (exact) mass is 647 g/mol. The Balaban J connectivity index is 1.29. The highest BCUT2D eigenvalue weighted by Gasteiger charge is 2.36. The van der Waals surface area contributed by atoms with Gasteiger partial charge in [-0.25, -0.2) is 18.1 Å². The minimum absolute atomic E-state index is 0.127. The number of carbonyl (C=O) groups excluding carboxylic acids is 2. The van der Waals surface area contributed by atoms with Crippen molar-refractivity contribution in [3.8, 4) is 5.75 Å². The Hall–Kier alpha value is -4.29. The summed E-state index contributed by atoms with van der Waals surface area (Å²) in [5.74, 6) is -0.200. The molecular weight excluding hydrogens is 611 g/mol. The van der Waals surface area contributed by atoms with Gasteiger partial charge in [0.2, 0.25) is 11.7 Å². The Bertz CT molecular complexity index is 1880. The number of hydrogen-bond donors (Lipinski definition) is 3. The number of sulfonamides is 1. The Kier molecular flexibility index (Phi) is 8.99. The number of benzene rings is 3. The number of thiazole rings is 1. The zero-order valence-corrected chi connectivity index (χ0v) is 27.6. The number of rotatable bonds is 10. The number of ketones is 1. The molecule has 0 unspecified atom stereocenters. The Morgan fingerprint density at radius 1 is 1.04 bits per heavy atom. The van der Waals surface area contributed by atoms with Crippen molar-refractivity contribution >= 4 is 49.2 Å². The van der Waals surface area contributed by atoms with E-state index in [9.17, 15) is 18.0 Å². The van der Waals surface area contributed by atoms with Crippen molar-refractivity contribution in [3.63, 3.8) is 0 Å². The molecule has 0 bridgehead atoms. The molecule has 0 radical (unpaired) electrons. The van der Waals surface area contributed by atoms with E-state index in [0.29, 0.717) is 40.1 Å². The molecular formula is C33H37N5O5S2. The van der Waals surface area contributed by atoms with E-state index in [1.165, 1.54) is 11.3 Å². The van der Waals surface area contributed by atoms with Crippen molar-refractivity contribution in [2.45, 2.75) is 70.4 Å². The first-order valence-corrected chi connectivity index (χ1v) is 17.0. The molecule has 0 fully saturated rings. The van der Waals surface area contributed by atoms with Crippen molar-refractivity contribution in [1.29, 1.82) is 0 Å². The van der Waals surface area contributed by atoms with E-state index < -0.39 is 21.7 Å². The van der Waals surface area contributed by atoms with Gasteiger partial charge in [-0.15, -0.1) is 11.3 Å². The molecule has 45 heavy (non-hydrogen) atoms. The van der Waals surface area contributed by atoms with Gasteiger partial charge < -0.3 is 15.8 Å². The van der Waals surface area contributed by atoms with Crippen LogP contribution in [0.25, 0.3) is 10.2 Å². The molecule has 1 aliphatic heterocycles. The first-order chi connectivity index (χ1) is 21.3. The molecule has 4 aromatic rings. The van der Waals surface area contributed by atoms with E-state index in [1.54, 1.807) is 44.2 Å². The van der Waals surface area contributed by atoms with Crippen LogP contribution in [-0.4, -0.2) is 49.2 Å². The minimum atomic E-state index is -4.04. The number of carbonyl (C=O) groups is 2. The third-order valence-electron chi connectivity index (χ3n) is 7.90. The van der Waals surface area contributed by atoms with Crippen molar-refractivity contribution < 1.29 is 22.7 Å². The molecule has 0 saturated heterocycles. The molecule has 1 amide bonds. The standard InChI is InChI=1S/C33H37N5O5S2/c1-19-20(2)29(21(3)23-18-33(4,5)43-28(19)23)45(41,42)38-32(34)35-17-11-15-25(36-30(40)22-12-7-6-8-13-22)27(39)31-37-24-14-9-10-16-26(24)44-31/h6-10,12-14,16,25H,11,15,17-18H2,1-5H3,(H,36,40)(H3,34,35,38)/t25-/m0/s1. The molecule has 10 nitrogen and oxygen atoms in total. The van der Waals surface area contributed by atoms with Crippen LogP contribution in [0.2, 0.25) is 0 Å². The maximum atomic E-state index is 13.5. The summed E-state index contributed by atoms with van der Waals surface area (Å²) in [5, 5.41) is 3.14. The summed E-state index contributed by atoms with van der Waals surface area (Å²) in [7, 11) is -4.04. The molecule has 2 heterocycles. The molecule has 1 aliphatic rings. The smallest absolute Gasteiger partial charge is 0.264 e. The first kappa shape index (κ1) is 32.1. The predicted molar refractivity (Wildman–Crippen MR) is 177 cm³/mol. The van der Waals surface area contributed by atoms with Crippen LogP contribution in [0.3, 0.4) is 0 Å². The fourth-order valence-electron chi connectivity index (χ4n) is 5.59. The predicted octanol–water partition coefficient (Wildman–Crippen LogP) is 4.99. The minimum Gasteiger partial charge on any atom is -0.487 e. The van der Waals surface area contributed by atoms with Crippen molar-refractivity contribution in [2.24, 2.45) is 10.7 Å². The van der Waals surface area contributed by atoms with Gasteiger partial charge in [-0.1, -0.05) is 30.3 Å². The number of fused-ring (bicyclic) bond motifs is 2. The normalized spacial score (nSPS) is 14.9. The van der Waals surface area contributed by atoms with Gasteiger partial charge in [0.1, 0.15) is 11.4 Å². The lowest BCUT2D eigenvalue weighted by Crippen LogP contribution is -2.41. The van der Waals surface area contributed by atoms with Crippen LogP contribution in [0, 0.1) is 20.8 Å². The van der Waals surface area contributed by atoms with E-state index in [2.05, 4.69) is 20.0 Å². The molecule has 4 N–H and O–H groups in total. The van der Waals surface area contributed by atoms with Gasteiger partial charge in [-0.3, -0.25) is 14.6 Å². The first-order valence-electron chi connectivity index (χ1n) is 14.7. The van der Waals surface area contributed by atoms with Gasteiger partial charge in [0.05, 0.1) is 21.2 Å². The molecule has 12 heteroatoms. The average Bonchev–Trinajstić information content (AvgIpc) is 3.58. The van der Waals surface area contributed by atoms with E-state index >= 15 is 0 Å². The second-order valence-corrected chi connectivity index (χ2v) is 14.5. The highest BCUT2D eigenvalue weighted by molar-refractivity contribution is 7.90. The number of para-hydroxylation sites is 1. The molecule has 0 saturated carbocycles. The van der Waals surface area contributed by atoms with E-state index in [1.807, 2.05) is 45.0 Å². The Labute approximate surface area is 267 Å². The van der Waals surface area contributed by atoms with Gasteiger partial charge in [0.25, 0.3) is 15.9 Å². The van der Waals surface area contributed by atoms with Gasteiger partial charge in [-0.05, 0) is 88.4 Å². The van der Waals surface area contributed by atoms with Crippen LogP contribution < -0.4 is 20.5 Å². The number of amides is 1. The average molecular weight is 648 g/mol. The fraction of sp³-hybridized carbons (Fsp3) is 0.333. The summed E-state index contributed by atoms with van der Waals surface area (Å²) in [4.78, 5) is 35.4. The second kappa shape index (κ2) is 12.6. The molecule has 236 valence electrons. The molecule has 0 spiro atoms. The van der Waals surface area contributed by atoms with Crippen LogP contribution in [0.4, 0.5) is 0 Å². The maximum Gasteiger partial charge on any atom is 0.264 e. The number of Topliss-reactive ketones (excluding diaryl/α,β-unsaturated/α-hetero) is 1. The Morgan fingerprint density at radius 2 is 1.73 bits per heavy atom. The number of nitrogens with two attached hydrogens (primary N) is 1. The summed E-state index contributed by atoms with van der Waals surface area (Å²) in [6.07, 6.45) is 1.19. The summed E-state index contributed by atoms with van der Waals surface area (Å²) >= 11 is 1.27. The summed E-state index contributed by atoms with van der Waals surface area (Å²) in [6, 6.07) is 15.2. The van der Waals surface area contributed by atoms with Crippen LogP contribution in [0.5, 0.6) is 5.75 Å². The van der Waals surface area contributed by atoms with Gasteiger partial charge in [0, 0.05) is 24.1 Å². The highest BCUT2D eigenvalue weighted by Crippen LogP contribution is 2.43. The number of nitrogens with zero attached hydrogens (tertiary/aromatic N) is 2. The van der Waals surface area contributed by atoms with Gasteiger partial charge >= 0.3 is 0 Å². The summed E-state index contributed by atoms with van der Waals surface area (Å²) < 4.78 is 36.4. The van der Waals surface area contributed by atoms with Gasteiger partial charge in [-0.2, -0.15) is 0 Å². The lowest BCUT2D eigenvalue weighted by atomic mass is 9.94. The third kappa shape index (κ3) is 6.86. The van der Waals surface area contributed by atoms with E-state index in [0.717, 1.165) is 21.6 Å². The molecule has 5 rings (SSSR count). The maximum absolute atomic E-state index is 13.5. The van der Waals surface area contributed by atoms with Crippen LogP contribution in [0.1, 0.15) is 69.1 Å². The van der Waals surface area contributed by atoms with Crippen LogP contribution in [-0.2, 0) is 16.4 Å². The number of ether oxygens (including phenoxy) is 1. The largest absolute Gasteiger partial charge is 0.487 e. The van der Waals surface area contributed by atoms with E-state index in [4.69, 9.17) is 10.5 Å². The molecule has 1 atom stereocenters. The number of aromatic nitrogens is 1. The van der Waals surface area contributed by atoms with Crippen molar-refractivity contribution in [2.75, 3.05) is 6.54 Å². The fourth-order valence-corrected chi connectivity index (χ4v) is 8.07. The quantitative estimate of drug-likeness (QED) is 0.0949. The van der Waals surface area contributed by atoms with Crippen LogP contribution >= 0.6 is 11.3 Å². The Morgan fingerprint density at radius 3 is 2.44 bits per heavy atom. The zero-order valence-electron chi connectivity index (χ0n) is 25.9. The number of guanidine groups is 1. The van der Waals surface area contributed by atoms with Crippen LogP contribution in [0.15, 0.2) is 64.5 Å². The topological polar surface area (TPSA) is 153 Å². The highest BCUT2D eigenvalue weighted by atomic mass is 32.2.